The van der Waals surface area contributed by atoms with Crippen molar-refractivity contribution in [2.45, 2.75) is 82.5 Å². The van der Waals surface area contributed by atoms with Gasteiger partial charge in [-0.3, -0.25) is 4.74 Å². The summed E-state index contributed by atoms with van der Waals surface area (Å²) in [4.78, 5) is 11.2. The predicted molar refractivity (Wildman–Crippen MR) is 101 cm³/mol. The zero-order chi connectivity index (χ0) is 21.4. The molecule has 0 saturated heterocycles. The Morgan fingerprint density at radius 3 is 2.07 bits per heavy atom. The van der Waals surface area contributed by atoms with Crippen LogP contribution in [0.4, 0.5) is 18.0 Å². The molecule has 166 valence electrons. The first kappa shape index (κ1) is 21.3. The van der Waals surface area contributed by atoms with E-state index in [0.29, 0.717) is 5.56 Å². The van der Waals surface area contributed by atoms with Gasteiger partial charge in [-0.2, -0.15) is 13.2 Å². The summed E-state index contributed by atoms with van der Waals surface area (Å²) in [7, 11) is 0. The third-order valence-electron chi connectivity index (χ3n) is 6.86. The number of hydrogen-bond donors (Lipinski definition) is 1. The Balaban J connectivity index is 1.87. The lowest BCUT2D eigenvalue weighted by molar-refractivity contribution is -0.324. The Morgan fingerprint density at radius 1 is 1.00 bits per heavy atom. The third-order valence-corrected chi connectivity index (χ3v) is 6.86. The summed E-state index contributed by atoms with van der Waals surface area (Å²) in [5.41, 5.74) is -1.40. The zero-order valence-electron chi connectivity index (χ0n) is 16.7. The van der Waals surface area contributed by atoms with E-state index in [4.69, 9.17) is 19.3 Å². The van der Waals surface area contributed by atoms with Gasteiger partial charge in [-0.1, -0.05) is 38.5 Å². The van der Waals surface area contributed by atoms with Crippen LogP contribution in [0.1, 0.15) is 75.3 Å². The highest BCUT2D eigenvalue weighted by Gasteiger charge is 2.55. The van der Waals surface area contributed by atoms with Gasteiger partial charge in [-0.05, 0) is 55.7 Å². The molecule has 5 nitrogen and oxygen atoms in total. The van der Waals surface area contributed by atoms with Crippen LogP contribution < -0.4 is 4.74 Å². The summed E-state index contributed by atoms with van der Waals surface area (Å²) >= 11 is 0. The fourth-order valence-corrected chi connectivity index (χ4v) is 5.62. The number of carbonyl (C=O) groups is 1. The van der Waals surface area contributed by atoms with E-state index in [1.54, 1.807) is 0 Å². The van der Waals surface area contributed by atoms with Crippen LogP contribution in [0.25, 0.3) is 0 Å². The molecule has 1 aliphatic heterocycles. The molecule has 1 unspecified atom stereocenters. The van der Waals surface area contributed by atoms with Gasteiger partial charge in [0, 0.05) is 5.56 Å². The molecule has 0 radical (unpaired) electrons. The summed E-state index contributed by atoms with van der Waals surface area (Å²) in [5, 5.41) is 9.12. The second-order valence-corrected chi connectivity index (χ2v) is 8.58. The molecule has 0 bridgehead atoms. The fourth-order valence-electron chi connectivity index (χ4n) is 5.62. The lowest BCUT2D eigenvalue weighted by Gasteiger charge is -2.52. The maximum atomic E-state index is 13.6. The monoisotopic (exact) mass is 428 g/mol. The smallest absolute Gasteiger partial charge is 0.450 e. The van der Waals surface area contributed by atoms with Crippen LogP contribution >= 0.6 is 0 Å². The first-order chi connectivity index (χ1) is 14.3. The Bertz CT molecular complexity index is 749. The molecule has 0 spiro atoms. The first-order valence-electron chi connectivity index (χ1n) is 10.8. The molecule has 1 atom stereocenters. The summed E-state index contributed by atoms with van der Waals surface area (Å²) in [6.07, 6.45) is 3.33. The van der Waals surface area contributed by atoms with Crippen LogP contribution in [0, 0.1) is 11.8 Å². The molecule has 1 N–H and O–H groups in total. The highest BCUT2D eigenvalue weighted by atomic mass is 19.4. The summed E-state index contributed by atoms with van der Waals surface area (Å²) in [6, 6.07) is 3.39. The van der Waals surface area contributed by atoms with E-state index in [1.807, 2.05) is 0 Å². The largest absolute Gasteiger partial charge is 0.510 e. The average Bonchev–Trinajstić information content (AvgIpc) is 2.73. The van der Waals surface area contributed by atoms with Gasteiger partial charge in [0.15, 0.2) is 0 Å². The number of ether oxygens (including phenoxy) is 3. The van der Waals surface area contributed by atoms with Gasteiger partial charge in [0.2, 0.25) is 0 Å². The molecule has 4 rings (SSSR count). The van der Waals surface area contributed by atoms with E-state index >= 15 is 0 Å². The van der Waals surface area contributed by atoms with Crippen molar-refractivity contribution in [2.24, 2.45) is 11.8 Å². The van der Waals surface area contributed by atoms with E-state index in [0.717, 1.165) is 76.3 Å². The Kier molecular flexibility index (Phi) is 5.88. The molecule has 30 heavy (non-hydrogen) atoms. The first-order valence-corrected chi connectivity index (χ1v) is 10.8. The van der Waals surface area contributed by atoms with Crippen molar-refractivity contribution in [3.8, 4) is 5.75 Å². The molecule has 8 heteroatoms. The number of fused-ring (bicyclic) bond motifs is 1. The number of hydrogen-bond acceptors (Lipinski definition) is 4. The van der Waals surface area contributed by atoms with Crippen LogP contribution in [-0.4, -0.2) is 17.7 Å². The number of carboxylic acid groups (broad SMARTS) is 1. The standard InChI is InChI=1S/C22H27F3O5/c23-22(24,25)16-11-12-18-17(13-16)21(14-7-3-1-4-8-14,15-9-5-2-6-10-15)30-20(28-18)29-19(26)27/h11-15,20H,1-10H2,(H,26,27). The van der Waals surface area contributed by atoms with Gasteiger partial charge in [-0.15, -0.1) is 0 Å². The van der Waals surface area contributed by atoms with Crippen LogP contribution in [-0.2, 0) is 21.3 Å². The number of halogens is 3. The maximum Gasteiger partial charge on any atom is 0.510 e. The molecule has 1 aromatic carbocycles. The van der Waals surface area contributed by atoms with Crippen molar-refractivity contribution < 1.29 is 37.3 Å². The predicted octanol–water partition coefficient (Wildman–Crippen LogP) is 6.45. The summed E-state index contributed by atoms with van der Waals surface area (Å²) in [5.74, 6) is 0.192. The lowest BCUT2D eigenvalue weighted by Crippen LogP contribution is -2.53. The van der Waals surface area contributed by atoms with Gasteiger partial charge in [0.25, 0.3) is 0 Å². The van der Waals surface area contributed by atoms with Crippen molar-refractivity contribution in [1.29, 1.82) is 0 Å². The van der Waals surface area contributed by atoms with E-state index in [9.17, 15) is 18.0 Å². The summed E-state index contributed by atoms with van der Waals surface area (Å²) in [6.45, 7) is -1.49. The van der Waals surface area contributed by atoms with E-state index < -0.39 is 30.0 Å². The number of rotatable bonds is 3. The number of benzene rings is 1. The lowest BCUT2D eigenvalue weighted by atomic mass is 9.63. The maximum absolute atomic E-state index is 13.6. The van der Waals surface area contributed by atoms with E-state index in [2.05, 4.69) is 0 Å². The molecular weight excluding hydrogens is 401 g/mol. The molecule has 2 saturated carbocycles. The molecule has 3 aliphatic rings. The van der Waals surface area contributed by atoms with Crippen LogP contribution in [0.3, 0.4) is 0 Å². The minimum Gasteiger partial charge on any atom is -0.450 e. The molecule has 0 aromatic heterocycles. The highest BCUT2D eigenvalue weighted by molar-refractivity contribution is 5.57. The highest BCUT2D eigenvalue weighted by Crippen LogP contribution is 2.56. The van der Waals surface area contributed by atoms with E-state index in [1.165, 1.54) is 6.07 Å². The third kappa shape index (κ3) is 3.98. The van der Waals surface area contributed by atoms with Crippen LogP contribution in [0.5, 0.6) is 5.75 Å². The van der Waals surface area contributed by atoms with Gasteiger partial charge in [-0.25, -0.2) is 4.79 Å². The van der Waals surface area contributed by atoms with Crippen molar-refractivity contribution in [3.05, 3.63) is 29.3 Å². The Hall–Kier alpha value is -1.96. The SMILES string of the molecule is O=C(O)OC1Oc2ccc(C(F)(F)F)cc2C(C2CCCCC2)(C2CCCCC2)O1. The van der Waals surface area contributed by atoms with E-state index in [-0.39, 0.29) is 17.6 Å². The molecular formula is C22H27F3O5. The quantitative estimate of drug-likeness (QED) is 0.561. The zero-order valence-corrected chi connectivity index (χ0v) is 16.7. The van der Waals surface area contributed by atoms with Crippen LogP contribution in [0.2, 0.25) is 0 Å². The average molecular weight is 428 g/mol. The van der Waals surface area contributed by atoms with Crippen molar-refractivity contribution in [3.63, 3.8) is 0 Å². The fraction of sp³-hybridized carbons (Fsp3) is 0.682. The Morgan fingerprint density at radius 2 is 1.57 bits per heavy atom. The van der Waals surface area contributed by atoms with Crippen molar-refractivity contribution in [1.82, 2.24) is 0 Å². The molecule has 2 fully saturated rings. The molecule has 1 aromatic rings. The van der Waals surface area contributed by atoms with Crippen LogP contribution in [0.15, 0.2) is 18.2 Å². The normalized spacial score (nSPS) is 25.2. The second-order valence-electron chi connectivity index (χ2n) is 8.58. The van der Waals surface area contributed by atoms with Gasteiger partial charge < -0.3 is 14.6 Å². The molecule has 1 heterocycles. The minimum absolute atomic E-state index is 0.0135. The van der Waals surface area contributed by atoms with Gasteiger partial charge >= 0.3 is 18.8 Å². The second kappa shape index (κ2) is 8.29. The van der Waals surface area contributed by atoms with Gasteiger partial charge in [0.1, 0.15) is 11.4 Å². The Labute approximate surface area is 173 Å². The van der Waals surface area contributed by atoms with Crippen molar-refractivity contribution in [2.75, 3.05) is 0 Å². The molecule has 2 aliphatic carbocycles. The molecule has 0 amide bonds. The summed E-state index contributed by atoms with van der Waals surface area (Å²) < 4.78 is 57.3. The minimum atomic E-state index is -4.49. The number of alkyl halides is 3. The topological polar surface area (TPSA) is 65.0 Å². The van der Waals surface area contributed by atoms with Gasteiger partial charge in [0.05, 0.1) is 5.56 Å². The van der Waals surface area contributed by atoms with Crippen molar-refractivity contribution >= 4 is 6.16 Å².